The van der Waals surface area contributed by atoms with Crippen LogP contribution in [0.15, 0.2) is 35.5 Å². The van der Waals surface area contributed by atoms with E-state index in [-0.39, 0.29) is 6.04 Å². The smallest absolute Gasteiger partial charge is 0.241 e. The molecule has 1 aliphatic carbocycles. The molecule has 2 aliphatic rings. The zero-order valence-corrected chi connectivity index (χ0v) is 19.3. The molecule has 1 saturated carbocycles. The maximum absolute atomic E-state index is 14.7. The minimum atomic E-state index is -0.897. The molecule has 1 N–H and O–H groups in total. The largest absolute Gasteiger partial charge is 0.346 e. The molecule has 1 aromatic carbocycles. The third-order valence-corrected chi connectivity index (χ3v) is 6.72. The molecule has 2 aromatic heterocycles. The first kappa shape index (κ1) is 21.1. The van der Waals surface area contributed by atoms with Gasteiger partial charge in [-0.1, -0.05) is 12.5 Å². The van der Waals surface area contributed by atoms with E-state index in [1.165, 1.54) is 19.3 Å². The number of aryl methyl sites for hydroxylation is 2. The number of fused-ring (bicyclic) bond motifs is 1. The first-order valence-electron chi connectivity index (χ1n) is 11.5. The Morgan fingerprint density at radius 2 is 1.97 bits per heavy atom. The molecule has 6 nitrogen and oxygen atoms in total. The number of likely N-dealkylation sites (tertiary alicyclic amines) is 1. The van der Waals surface area contributed by atoms with Crippen molar-refractivity contribution in [2.45, 2.75) is 65.2 Å². The molecule has 168 valence electrons. The van der Waals surface area contributed by atoms with Crippen molar-refractivity contribution in [1.29, 1.82) is 0 Å². The predicted octanol–water partition coefficient (Wildman–Crippen LogP) is 5.11. The molecule has 1 saturated heterocycles. The standard InChI is InChI=1S/C25H31FN6/c1-15(2)27-22-9-8-18(12-16(22)3)20-10-11-32-24(20)17(4)28-25(30-32)29-23-14-31(13-21(23)26)19-6-5-7-19/h8-12,19,21,23H,5-7,13-14H2,1-4H3,(H,29,30). The summed E-state index contributed by atoms with van der Waals surface area (Å²) in [7, 11) is 0. The van der Waals surface area contributed by atoms with Gasteiger partial charge in [-0.3, -0.25) is 9.89 Å². The van der Waals surface area contributed by atoms with Crippen molar-refractivity contribution in [2.24, 2.45) is 4.99 Å². The summed E-state index contributed by atoms with van der Waals surface area (Å²) in [6.07, 6.45) is 4.70. The summed E-state index contributed by atoms with van der Waals surface area (Å²) in [5.41, 5.74) is 7.19. The second kappa shape index (κ2) is 8.28. The van der Waals surface area contributed by atoms with E-state index in [4.69, 9.17) is 4.98 Å². The van der Waals surface area contributed by atoms with Crippen molar-refractivity contribution >= 4 is 22.9 Å². The first-order chi connectivity index (χ1) is 15.4. The predicted molar refractivity (Wildman–Crippen MR) is 128 cm³/mol. The van der Waals surface area contributed by atoms with Crippen LogP contribution in [0, 0.1) is 13.8 Å². The number of nitrogens with one attached hydrogen (secondary N) is 1. The fourth-order valence-corrected chi connectivity index (χ4v) is 4.83. The Morgan fingerprint density at radius 3 is 2.66 bits per heavy atom. The lowest BCUT2D eigenvalue weighted by atomic mass is 9.92. The molecule has 0 radical (unpaired) electrons. The topological polar surface area (TPSA) is 57.8 Å². The normalized spacial score (nSPS) is 21.7. The Labute approximate surface area is 188 Å². The number of benzene rings is 1. The van der Waals surface area contributed by atoms with Gasteiger partial charge in [0.15, 0.2) is 0 Å². The average Bonchev–Trinajstić information content (AvgIpc) is 3.26. The molecule has 5 rings (SSSR count). The molecule has 0 bridgehead atoms. The summed E-state index contributed by atoms with van der Waals surface area (Å²) < 4.78 is 16.5. The van der Waals surface area contributed by atoms with E-state index >= 15 is 0 Å². The highest BCUT2D eigenvalue weighted by atomic mass is 19.1. The van der Waals surface area contributed by atoms with Gasteiger partial charge in [0.1, 0.15) is 6.17 Å². The molecule has 2 unspecified atom stereocenters. The fourth-order valence-electron chi connectivity index (χ4n) is 4.83. The Kier molecular flexibility index (Phi) is 5.45. The zero-order valence-electron chi connectivity index (χ0n) is 19.3. The SMILES string of the molecule is CC(C)=Nc1ccc(-c2ccn3nc(NC4CN(C5CCC5)CC4F)nc(C)c23)cc1C. The van der Waals surface area contributed by atoms with Crippen molar-refractivity contribution in [2.75, 3.05) is 18.4 Å². The minimum absolute atomic E-state index is 0.264. The lowest BCUT2D eigenvalue weighted by molar-refractivity contribution is 0.148. The van der Waals surface area contributed by atoms with Gasteiger partial charge in [-0.25, -0.2) is 13.9 Å². The molecule has 1 aliphatic heterocycles. The second-order valence-electron chi connectivity index (χ2n) is 9.41. The van der Waals surface area contributed by atoms with Gasteiger partial charge in [0.2, 0.25) is 5.95 Å². The summed E-state index contributed by atoms with van der Waals surface area (Å²) in [5, 5.41) is 7.92. The monoisotopic (exact) mass is 434 g/mol. The van der Waals surface area contributed by atoms with Crippen molar-refractivity contribution in [3.8, 4) is 11.1 Å². The summed E-state index contributed by atoms with van der Waals surface area (Å²) in [5.74, 6) is 0.486. The summed E-state index contributed by atoms with van der Waals surface area (Å²) >= 11 is 0. The number of hydrogen-bond acceptors (Lipinski definition) is 5. The van der Waals surface area contributed by atoms with Crippen molar-refractivity contribution in [3.63, 3.8) is 0 Å². The van der Waals surface area contributed by atoms with Crippen LogP contribution < -0.4 is 5.32 Å². The van der Waals surface area contributed by atoms with Crippen LogP contribution in [0.25, 0.3) is 16.6 Å². The van der Waals surface area contributed by atoms with Gasteiger partial charge in [-0.15, -0.1) is 5.10 Å². The number of rotatable bonds is 5. The maximum Gasteiger partial charge on any atom is 0.241 e. The van der Waals surface area contributed by atoms with Gasteiger partial charge in [-0.05, 0) is 69.9 Å². The van der Waals surface area contributed by atoms with E-state index in [1.807, 2.05) is 31.5 Å². The Hall–Kier alpha value is -2.80. The van der Waals surface area contributed by atoms with Crippen LogP contribution in [-0.4, -0.2) is 56.6 Å². The van der Waals surface area contributed by atoms with Crippen LogP contribution in [0.1, 0.15) is 44.4 Å². The molecule has 32 heavy (non-hydrogen) atoms. The number of aliphatic imine (C=N–C) groups is 1. The molecule has 3 heterocycles. The van der Waals surface area contributed by atoms with E-state index in [0.717, 1.165) is 39.3 Å². The Bertz CT molecular complexity index is 1170. The van der Waals surface area contributed by atoms with E-state index in [1.54, 1.807) is 0 Å². The molecule has 7 heteroatoms. The Morgan fingerprint density at radius 1 is 1.16 bits per heavy atom. The van der Waals surface area contributed by atoms with Crippen molar-refractivity contribution in [3.05, 3.63) is 41.7 Å². The van der Waals surface area contributed by atoms with E-state index in [2.05, 4.69) is 51.5 Å². The lowest BCUT2D eigenvalue weighted by Gasteiger charge is -2.34. The van der Waals surface area contributed by atoms with Gasteiger partial charge in [-0.2, -0.15) is 0 Å². The summed E-state index contributed by atoms with van der Waals surface area (Å²) in [4.78, 5) is 11.6. The molecule has 3 aromatic rings. The molecule has 0 amide bonds. The van der Waals surface area contributed by atoms with Gasteiger partial charge < -0.3 is 5.32 Å². The number of anilines is 1. The van der Waals surface area contributed by atoms with E-state index in [9.17, 15) is 4.39 Å². The van der Waals surface area contributed by atoms with Crippen molar-refractivity contribution < 1.29 is 4.39 Å². The second-order valence-corrected chi connectivity index (χ2v) is 9.41. The number of nitrogens with zero attached hydrogens (tertiary/aromatic N) is 5. The fraction of sp³-hybridized carbons (Fsp3) is 0.480. The Balaban J connectivity index is 1.40. The van der Waals surface area contributed by atoms with Crippen LogP contribution in [0.5, 0.6) is 0 Å². The number of aromatic nitrogens is 3. The van der Waals surface area contributed by atoms with Gasteiger partial charge >= 0.3 is 0 Å². The molecular formula is C25H31FN6. The molecule has 0 spiro atoms. The van der Waals surface area contributed by atoms with Gasteiger partial charge in [0.25, 0.3) is 0 Å². The average molecular weight is 435 g/mol. The summed E-state index contributed by atoms with van der Waals surface area (Å²) in [6.45, 7) is 9.30. The van der Waals surface area contributed by atoms with E-state index in [0.29, 0.717) is 25.1 Å². The third kappa shape index (κ3) is 3.90. The maximum atomic E-state index is 14.7. The highest BCUT2D eigenvalue weighted by Crippen LogP contribution is 2.32. The van der Waals surface area contributed by atoms with Crippen molar-refractivity contribution in [1.82, 2.24) is 19.5 Å². The third-order valence-electron chi connectivity index (χ3n) is 6.72. The summed E-state index contributed by atoms with van der Waals surface area (Å²) in [6, 6.07) is 8.66. The molecule has 2 atom stereocenters. The first-order valence-corrected chi connectivity index (χ1v) is 11.5. The van der Waals surface area contributed by atoms with Crippen LogP contribution in [0.4, 0.5) is 16.0 Å². The highest BCUT2D eigenvalue weighted by Gasteiger charge is 2.38. The van der Waals surface area contributed by atoms with E-state index < -0.39 is 6.17 Å². The van der Waals surface area contributed by atoms with Crippen LogP contribution >= 0.6 is 0 Å². The van der Waals surface area contributed by atoms with Gasteiger partial charge in [0.05, 0.1) is 22.9 Å². The van der Waals surface area contributed by atoms with Crippen LogP contribution in [0.3, 0.4) is 0 Å². The molecular weight excluding hydrogens is 403 g/mol. The number of halogens is 1. The number of alkyl halides is 1. The van der Waals surface area contributed by atoms with Crippen LogP contribution in [-0.2, 0) is 0 Å². The van der Waals surface area contributed by atoms with Crippen LogP contribution in [0.2, 0.25) is 0 Å². The highest BCUT2D eigenvalue weighted by molar-refractivity contribution is 5.85. The minimum Gasteiger partial charge on any atom is -0.346 e. The number of hydrogen-bond donors (Lipinski definition) is 1. The molecule has 2 fully saturated rings. The van der Waals surface area contributed by atoms with Gasteiger partial charge in [0, 0.05) is 36.6 Å². The quantitative estimate of drug-likeness (QED) is 0.567. The zero-order chi connectivity index (χ0) is 22.4. The lowest BCUT2D eigenvalue weighted by Crippen LogP contribution is -2.39.